The Balaban J connectivity index is 0. The van der Waals surface area contributed by atoms with Gasteiger partial charge in [-0.05, 0) is 24.6 Å². The van der Waals surface area contributed by atoms with Gasteiger partial charge in [-0.2, -0.15) is 0 Å². The molecule has 1 aromatic carbocycles. The van der Waals surface area contributed by atoms with Crippen LogP contribution in [0.2, 0.25) is 0 Å². The third kappa shape index (κ3) is 1.87. The molecule has 2 nitrogen and oxygen atoms in total. The summed E-state index contributed by atoms with van der Waals surface area (Å²) in [5.74, 6) is 0. The van der Waals surface area contributed by atoms with Crippen LogP contribution in [-0.2, 0) is 19.9 Å². The molecule has 0 bridgehead atoms. The van der Waals surface area contributed by atoms with Crippen LogP contribution in [0.25, 0.3) is 10.9 Å². The van der Waals surface area contributed by atoms with Crippen LogP contribution in [0, 0.1) is 0 Å². The largest absolute Gasteiger partial charge is 2.00 e. The molecule has 0 radical (unpaired) electrons. The highest BCUT2D eigenvalue weighted by Crippen LogP contribution is 2.17. The molecule has 0 fully saturated rings. The Morgan fingerprint density at radius 1 is 1.31 bits per heavy atom. The van der Waals surface area contributed by atoms with Gasteiger partial charge in [-0.25, -0.2) is 0 Å². The Hall–Kier alpha value is -0.930. The maximum absolute atomic E-state index is 5.50. The highest BCUT2D eigenvalue weighted by Gasteiger charge is 1.99. The fraction of sp³-hybridized carbons (Fsp3) is 0.200. The number of nitrogens with one attached hydrogen (secondary N) is 1. The Bertz CT molecular complexity index is 390. The van der Waals surface area contributed by atoms with Crippen molar-refractivity contribution in [2.75, 3.05) is 6.54 Å². The number of fused-ring (bicyclic) bond motifs is 1. The van der Waals surface area contributed by atoms with E-state index in [0.29, 0.717) is 6.54 Å². The van der Waals surface area contributed by atoms with Crippen LogP contribution in [0.15, 0.2) is 30.5 Å². The summed E-state index contributed by atoms with van der Waals surface area (Å²) in [6, 6.07) is 8.29. The first-order chi connectivity index (χ1) is 5.92. The van der Waals surface area contributed by atoms with Gasteiger partial charge in [-0.1, -0.05) is 18.2 Å². The molecule has 0 unspecified atom stereocenters. The zero-order valence-electron chi connectivity index (χ0n) is 9.29. The molecule has 1 aromatic heterocycles. The SMILES string of the molecule is NCCc1c[nH]c2ccccc12.[H+].[H+].[S-2]. The highest BCUT2D eigenvalue weighted by molar-refractivity contribution is 7.37. The van der Waals surface area contributed by atoms with Crippen molar-refractivity contribution in [2.45, 2.75) is 6.42 Å². The second-order valence-electron chi connectivity index (χ2n) is 2.90. The molecule has 2 rings (SSSR count). The molecular weight excluding hydrogens is 180 g/mol. The lowest BCUT2D eigenvalue weighted by atomic mass is 10.1. The number of H-pyrrole nitrogens is 1. The van der Waals surface area contributed by atoms with Gasteiger partial charge >= 0.3 is 2.85 Å². The molecule has 2 aromatic rings. The normalized spacial score (nSPS) is 9.92. The van der Waals surface area contributed by atoms with Crippen LogP contribution in [-0.4, -0.2) is 11.5 Å². The van der Waals surface area contributed by atoms with E-state index in [-0.39, 0.29) is 16.3 Å². The van der Waals surface area contributed by atoms with Crippen molar-refractivity contribution in [3.63, 3.8) is 0 Å². The first kappa shape index (κ1) is 10.2. The Labute approximate surface area is 87.6 Å². The van der Waals surface area contributed by atoms with Gasteiger partial charge in [0.2, 0.25) is 0 Å². The summed E-state index contributed by atoms with van der Waals surface area (Å²) in [6.07, 6.45) is 2.99. The van der Waals surface area contributed by atoms with E-state index in [9.17, 15) is 0 Å². The molecule has 3 heteroatoms. The van der Waals surface area contributed by atoms with Crippen molar-refractivity contribution in [1.82, 2.24) is 4.98 Å². The number of nitrogens with two attached hydrogens (primary N) is 1. The van der Waals surface area contributed by atoms with Gasteiger partial charge in [-0.15, -0.1) is 0 Å². The van der Waals surface area contributed by atoms with Crippen molar-refractivity contribution in [3.8, 4) is 0 Å². The molecule has 0 amide bonds. The van der Waals surface area contributed by atoms with E-state index in [0.717, 1.165) is 6.42 Å². The number of hydrogen-bond donors (Lipinski definition) is 2. The molecule has 1 heterocycles. The van der Waals surface area contributed by atoms with Crippen molar-refractivity contribution in [2.24, 2.45) is 5.73 Å². The van der Waals surface area contributed by atoms with E-state index in [1.165, 1.54) is 16.5 Å². The number of benzene rings is 1. The minimum absolute atomic E-state index is 0. The maximum atomic E-state index is 5.50. The third-order valence-electron chi connectivity index (χ3n) is 2.09. The maximum Gasteiger partial charge on any atom is 1.00 e. The van der Waals surface area contributed by atoms with Crippen molar-refractivity contribution < 1.29 is 2.85 Å². The molecule has 13 heavy (non-hydrogen) atoms. The second-order valence-corrected chi connectivity index (χ2v) is 2.90. The molecule has 0 saturated heterocycles. The van der Waals surface area contributed by atoms with Crippen LogP contribution < -0.4 is 5.73 Å². The van der Waals surface area contributed by atoms with Crippen molar-refractivity contribution in [3.05, 3.63) is 36.0 Å². The number of rotatable bonds is 2. The fourth-order valence-corrected chi connectivity index (χ4v) is 1.49. The van der Waals surface area contributed by atoms with Gasteiger partial charge in [0.1, 0.15) is 0 Å². The molecule has 0 saturated carbocycles. The lowest BCUT2D eigenvalue weighted by Gasteiger charge is -2.00. The van der Waals surface area contributed by atoms with Crippen molar-refractivity contribution in [1.29, 1.82) is 0 Å². The molecule has 0 spiro atoms. The average molecular weight is 194 g/mol. The summed E-state index contributed by atoms with van der Waals surface area (Å²) < 4.78 is 0. The third-order valence-corrected chi connectivity index (χ3v) is 2.09. The molecular formula is C10H14N2S. The number of aromatic nitrogens is 1. The second kappa shape index (κ2) is 4.35. The molecule has 0 aliphatic heterocycles. The van der Waals surface area contributed by atoms with Gasteiger partial charge in [0.15, 0.2) is 0 Å². The monoisotopic (exact) mass is 194 g/mol. The zero-order valence-corrected chi connectivity index (χ0v) is 8.10. The van der Waals surface area contributed by atoms with E-state index < -0.39 is 0 Å². The molecule has 0 aliphatic carbocycles. The van der Waals surface area contributed by atoms with Crippen LogP contribution in [0.1, 0.15) is 8.42 Å². The summed E-state index contributed by atoms with van der Waals surface area (Å²) in [7, 11) is 0. The van der Waals surface area contributed by atoms with Gasteiger partial charge in [0.25, 0.3) is 0 Å². The topological polar surface area (TPSA) is 41.8 Å². The Morgan fingerprint density at radius 2 is 2.08 bits per heavy atom. The summed E-state index contributed by atoms with van der Waals surface area (Å²) in [5, 5.41) is 1.29. The van der Waals surface area contributed by atoms with Crippen LogP contribution in [0.3, 0.4) is 0 Å². The summed E-state index contributed by atoms with van der Waals surface area (Å²) in [6.45, 7) is 0.710. The van der Waals surface area contributed by atoms with E-state index >= 15 is 0 Å². The molecule has 0 atom stereocenters. The van der Waals surface area contributed by atoms with Crippen molar-refractivity contribution >= 4 is 24.4 Å². The molecule has 0 aliphatic rings. The predicted molar refractivity (Wildman–Crippen MR) is 60.6 cm³/mol. The predicted octanol–water partition coefficient (Wildman–Crippen LogP) is 1.89. The highest BCUT2D eigenvalue weighted by atomic mass is 32.1. The first-order valence-corrected chi connectivity index (χ1v) is 4.17. The minimum Gasteiger partial charge on any atom is -2.00 e. The summed E-state index contributed by atoms with van der Waals surface area (Å²) in [4.78, 5) is 3.22. The summed E-state index contributed by atoms with van der Waals surface area (Å²) >= 11 is 0. The minimum atomic E-state index is 0. The van der Waals surface area contributed by atoms with Gasteiger partial charge in [0.05, 0.1) is 0 Å². The lowest BCUT2D eigenvalue weighted by molar-refractivity contribution is 0.976. The first-order valence-electron chi connectivity index (χ1n) is 4.17. The number of hydrogen-bond acceptors (Lipinski definition) is 1. The number of para-hydroxylation sites is 1. The smallest absolute Gasteiger partial charge is 1.00 e. The van der Waals surface area contributed by atoms with E-state index in [4.69, 9.17) is 5.73 Å². The summed E-state index contributed by atoms with van der Waals surface area (Å²) in [5.41, 5.74) is 8.01. The average Bonchev–Trinajstić information content (AvgIpc) is 2.50. The van der Waals surface area contributed by atoms with Gasteiger partial charge in [-0.3, -0.25) is 0 Å². The number of aromatic amines is 1. The quantitative estimate of drug-likeness (QED) is 0.753. The Morgan fingerprint density at radius 3 is 2.85 bits per heavy atom. The lowest BCUT2D eigenvalue weighted by Crippen LogP contribution is -2.01. The van der Waals surface area contributed by atoms with Gasteiger partial charge in [0, 0.05) is 17.1 Å². The van der Waals surface area contributed by atoms with E-state index in [1.807, 2.05) is 12.3 Å². The van der Waals surface area contributed by atoms with Crippen LogP contribution in [0.5, 0.6) is 0 Å². The van der Waals surface area contributed by atoms with Gasteiger partial charge < -0.3 is 24.2 Å². The fourth-order valence-electron chi connectivity index (χ4n) is 1.49. The zero-order chi connectivity index (χ0) is 8.39. The van der Waals surface area contributed by atoms with Crippen LogP contribution >= 0.6 is 0 Å². The Kier molecular flexibility index (Phi) is 3.39. The van der Waals surface area contributed by atoms with E-state index in [1.54, 1.807) is 0 Å². The molecule has 70 valence electrons. The van der Waals surface area contributed by atoms with E-state index in [2.05, 4.69) is 23.2 Å². The van der Waals surface area contributed by atoms with Crippen LogP contribution in [0.4, 0.5) is 0 Å². The molecule has 3 N–H and O–H groups in total. The standard InChI is InChI=1S/C10H12N2.S/c11-6-5-8-7-12-10-4-2-1-3-9(8)10;/h1-4,7,12H,5-6,11H2;/q;-2/p+2.